The number of hydrogen-bond donors (Lipinski definition) is 1. The number of benzene rings is 1. The predicted octanol–water partition coefficient (Wildman–Crippen LogP) is 3.32. The number of nitrogens with zero attached hydrogens (tertiary/aromatic N) is 1. The molecule has 1 aromatic rings. The Hall–Kier alpha value is -1.00. The smallest absolute Gasteiger partial charge is 0.126 e. The fourth-order valence-electron chi connectivity index (χ4n) is 2.66. The van der Waals surface area contributed by atoms with Crippen molar-refractivity contribution >= 4 is 0 Å². The molecule has 0 radical (unpaired) electrons. The van der Waals surface area contributed by atoms with Gasteiger partial charge in [0.1, 0.15) is 11.6 Å². The van der Waals surface area contributed by atoms with E-state index in [4.69, 9.17) is 0 Å². The van der Waals surface area contributed by atoms with E-state index >= 15 is 0 Å². The minimum absolute atomic E-state index is 0.0303. The van der Waals surface area contributed by atoms with E-state index in [1.807, 2.05) is 0 Å². The van der Waals surface area contributed by atoms with E-state index in [0.717, 1.165) is 25.6 Å². The summed E-state index contributed by atoms with van der Waals surface area (Å²) >= 11 is 0. The van der Waals surface area contributed by atoms with Gasteiger partial charge in [-0.25, -0.2) is 8.78 Å². The molecule has 112 valence electrons. The van der Waals surface area contributed by atoms with E-state index in [1.165, 1.54) is 12.1 Å². The van der Waals surface area contributed by atoms with Crippen LogP contribution in [0.3, 0.4) is 0 Å². The van der Waals surface area contributed by atoms with Crippen molar-refractivity contribution in [3.05, 3.63) is 35.4 Å². The summed E-state index contributed by atoms with van der Waals surface area (Å²) < 4.78 is 26.6. The number of rotatable bonds is 3. The van der Waals surface area contributed by atoms with Gasteiger partial charge in [-0.1, -0.05) is 6.92 Å². The van der Waals surface area contributed by atoms with Crippen molar-refractivity contribution in [2.45, 2.75) is 51.7 Å². The Morgan fingerprint density at radius 1 is 1.15 bits per heavy atom. The summed E-state index contributed by atoms with van der Waals surface area (Å²) in [6.45, 7) is 11.0. The molecular formula is C16H24F2N2. The SMILES string of the molecule is CCC1(C)CN(Cc2cc(F)cc(F)c2)C(C)(C)CN1. The van der Waals surface area contributed by atoms with Gasteiger partial charge in [0, 0.05) is 36.8 Å². The van der Waals surface area contributed by atoms with Gasteiger partial charge in [0.25, 0.3) is 0 Å². The summed E-state index contributed by atoms with van der Waals surface area (Å²) in [5.41, 5.74) is 0.717. The Labute approximate surface area is 120 Å². The minimum atomic E-state index is -0.508. The highest BCUT2D eigenvalue weighted by atomic mass is 19.1. The molecule has 0 saturated carbocycles. The summed E-state index contributed by atoms with van der Waals surface area (Å²) in [5, 5.41) is 3.58. The zero-order valence-corrected chi connectivity index (χ0v) is 12.8. The lowest BCUT2D eigenvalue weighted by atomic mass is 9.88. The fourth-order valence-corrected chi connectivity index (χ4v) is 2.66. The van der Waals surface area contributed by atoms with Crippen molar-refractivity contribution in [1.82, 2.24) is 10.2 Å². The van der Waals surface area contributed by atoms with Crippen LogP contribution in [0, 0.1) is 11.6 Å². The number of hydrogen-bond acceptors (Lipinski definition) is 2. The van der Waals surface area contributed by atoms with Crippen LogP contribution in [-0.2, 0) is 6.54 Å². The molecule has 0 aliphatic carbocycles. The molecule has 20 heavy (non-hydrogen) atoms. The molecule has 0 spiro atoms. The van der Waals surface area contributed by atoms with Crippen LogP contribution < -0.4 is 5.32 Å². The van der Waals surface area contributed by atoms with Gasteiger partial charge < -0.3 is 5.32 Å². The van der Waals surface area contributed by atoms with Gasteiger partial charge in [-0.05, 0) is 44.9 Å². The maximum atomic E-state index is 13.3. The van der Waals surface area contributed by atoms with Crippen LogP contribution in [0.25, 0.3) is 0 Å². The molecule has 1 unspecified atom stereocenters. The quantitative estimate of drug-likeness (QED) is 0.915. The summed E-state index contributed by atoms with van der Waals surface area (Å²) in [6, 6.07) is 3.76. The van der Waals surface area contributed by atoms with Crippen molar-refractivity contribution in [2.75, 3.05) is 13.1 Å². The first-order chi connectivity index (χ1) is 9.24. The van der Waals surface area contributed by atoms with Crippen LogP contribution >= 0.6 is 0 Å². The van der Waals surface area contributed by atoms with Crippen molar-refractivity contribution in [1.29, 1.82) is 0 Å². The predicted molar refractivity (Wildman–Crippen MR) is 77.5 cm³/mol. The topological polar surface area (TPSA) is 15.3 Å². The standard InChI is InChI=1S/C16H24F2N2/c1-5-16(4)11-20(15(2,3)10-19-16)9-12-6-13(17)8-14(18)7-12/h6-8,19H,5,9-11H2,1-4H3. The van der Waals surface area contributed by atoms with Gasteiger partial charge in [-0.15, -0.1) is 0 Å². The molecule has 1 aromatic carbocycles. The van der Waals surface area contributed by atoms with Gasteiger partial charge in [-0.2, -0.15) is 0 Å². The molecule has 2 nitrogen and oxygen atoms in total. The molecule has 1 N–H and O–H groups in total. The van der Waals surface area contributed by atoms with Crippen LogP contribution in [-0.4, -0.2) is 29.1 Å². The van der Waals surface area contributed by atoms with Gasteiger partial charge >= 0.3 is 0 Å². The number of nitrogens with one attached hydrogen (secondary N) is 1. The molecule has 4 heteroatoms. The molecule has 1 heterocycles. The third-order valence-electron chi connectivity index (χ3n) is 4.42. The van der Waals surface area contributed by atoms with E-state index < -0.39 is 11.6 Å². The van der Waals surface area contributed by atoms with Crippen molar-refractivity contribution in [3.8, 4) is 0 Å². The average molecular weight is 282 g/mol. The van der Waals surface area contributed by atoms with Crippen molar-refractivity contribution in [3.63, 3.8) is 0 Å². The highest BCUT2D eigenvalue weighted by Gasteiger charge is 2.38. The summed E-state index contributed by atoms with van der Waals surface area (Å²) in [4.78, 5) is 2.31. The second-order valence-electron chi connectivity index (χ2n) is 6.71. The van der Waals surface area contributed by atoms with Gasteiger partial charge in [0.15, 0.2) is 0 Å². The zero-order valence-electron chi connectivity index (χ0n) is 12.8. The molecule has 1 atom stereocenters. The second kappa shape index (κ2) is 5.41. The van der Waals surface area contributed by atoms with Crippen LogP contribution in [0.1, 0.15) is 39.7 Å². The molecule has 0 bridgehead atoms. The van der Waals surface area contributed by atoms with Crippen molar-refractivity contribution < 1.29 is 8.78 Å². The Kier molecular flexibility index (Phi) is 4.17. The van der Waals surface area contributed by atoms with E-state index in [1.54, 1.807) is 0 Å². The first kappa shape index (κ1) is 15.4. The van der Waals surface area contributed by atoms with Gasteiger partial charge in [0.05, 0.1) is 0 Å². The average Bonchev–Trinajstić information content (AvgIpc) is 2.33. The number of piperazine rings is 1. The maximum absolute atomic E-state index is 13.3. The zero-order chi connectivity index (χ0) is 15.0. The van der Waals surface area contributed by atoms with E-state index in [2.05, 4.69) is 37.9 Å². The molecule has 0 aromatic heterocycles. The lowest BCUT2D eigenvalue weighted by Crippen LogP contribution is -2.66. The Balaban J connectivity index is 2.20. The van der Waals surface area contributed by atoms with Crippen LogP contribution in [0.5, 0.6) is 0 Å². The summed E-state index contributed by atoms with van der Waals surface area (Å²) in [5.74, 6) is -1.02. The number of halogens is 2. The molecular weight excluding hydrogens is 258 g/mol. The first-order valence-corrected chi connectivity index (χ1v) is 7.19. The molecule has 1 aliphatic rings. The third-order valence-corrected chi connectivity index (χ3v) is 4.42. The normalized spacial score (nSPS) is 26.7. The first-order valence-electron chi connectivity index (χ1n) is 7.19. The monoisotopic (exact) mass is 282 g/mol. The molecule has 1 saturated heterocycles. The summed E-state index contributed by atoms with van der Waals surface area (Å²) in [6.07, 6.45) is 1.02. The Morgan fingerprint density at radius 2 is 1.75 bits per heavy atom. The van der Waals surface area contributed by atoms with E-state index in [9.17, 15) is 8.78 Å². The Bertz CT molecular complexity index is 467. The lowest BCUT2D eigenvalue weighted by Gasteiger charge is -2.50. The third kappa shape index (κ3) is 3.36. The molecule has 1 fully saturated rings. The molecule has 1 aliphatic heterocycles. The van der Waals surface area contributed by atoms with E-state index in [-0.39, 0.29) is 11.1 Å². The molecule has 2 rings (SSSR count). The van der Waals surface area contributed by atoms with Gasteiger partial charge in [0.2, 0.25) is 0 Å². The highest BCUT2D eigenvalue weighted by molar-refractivity contribution is 5.18. The highest BCUT2D eigenvalue weighted by Crippen LogP contribution is 2.27. The van der Waals surface area contributed by atoms with Gasteiger partial charge in [-0.3, -0.25) is 4.90 Å². The van der Waals surface area contributed by atoms with E-state index in [0.29, 0.717) is 12.1 Å². The summed E-state index contributed by atoms with van der Waals surface area (Å²) in [7, 11) is 0. The van der Waals surface area contributed by atoms with Crippen LogP contribution in [0.2, 0.25) is 0 Å². The minimum Gasteiger partial charge on any atom is -0.308 e. The molecule has 0 amide bonds. The Morgan fingerprint density at radius 3 is 2.30 bits per heavy atom. The van der Waals surface area contributed by atoms with Crippen LogP contribution in [0.4, 0.5) is 8.78 Å². The van der Waals surface area contributed by atoms with Crippen LogP contribution in [0.15, 0.2) is 18.2 Å². The van der Waals surface area contributed by atoms with Crippen molar-refractivity contribution in [2.24, 2.45) is 0 Å². The largest absolute Gasteiger partial charge is 0.308 e. The fraction of sp³-hybridized carbons (Fsp3) is 0.625. The maximum Gasteiger partial charge on any atom is 0.126 e. The second-order valence-corrected chi connectivity index (χ2v) is 6.71. The lowest BCUT2D eigenvalue weighted by molar-refractivity contribution is 0.0245.